The number of rotatable bonds is 12. The minimum Gasteiger partial charge on any atom is -0.414 e. The SMILES string of the molecule is CC(CCC(=O)C(F)(F)F)C1CCC2C3C[C@H](O[Si](C)(C)C(C)(C)C)[C@@H]4C[C@H](O[Si](C)(C)C(C)(C)C)CCC4(C)C3CCC12C.CC(CCC(O)(C(F)(F)F)C(F)(F)F)C1CCC2C3C[C@H](O)[C@@H]4C[C@H](O)CCC4(C)C3CCC12C. The van der Waals surface area contributed by atoms with Gasteiger partial charge in [0.15, 0.2) is 16.6 Å². The van der Waals surface area contributed by atoms with E-state index in [1.807, 2.05) is 0 Å². The quantitative estimate of drug-likeness (QED) is 0.133. The molecule has 8 saturated carbocycles. The van der Waals surface area contributed by atoms with Crippen LogP contribution in [0.4, 0.5) is 39.5 Å². The third kappa shape index (κ3) is 12.2. The van der Waals surface area contributed by atoms with Gasteiger partial charge in [0.05, 0.1) is 12.2 Å². The number of ketones is 1. The molecule has 0 aromatic rings. The Morgan fingerprint density at radius 1 is 0.537 bits per heavy atom. The van der Waals surface area contributed by atoms with Gasteiger partial charge in [0.2, 0.25) is 5.78 Å². The first-order valence-corrected chi connectivity index (χ1v) is 37.2. The van der Waals surface area contributed by atoms with E-state index in [1.54, 1.807) is 6.92 Å². The molecular weight excluding hydrogens is 1080 g/mol. The van der Waals surface area contributed by atoms with E-state index < -0.39 is 59.1 Å². The monoisotopic (exact) mass is 1190 g/mol. The van der Waals surface area contributed by atoms with E-state index in [2.05, 4.69) is 102 Å². The summed E-state index contributed by atoms with van der Waals surface area (Å²) in [5, 5.41) is 31.2. The van der Waals surface area contributed by atoms with E-state index in [0.717, 1.165) is 77.0 Å². The molecule has 0 spiro atoms. The van der Waals surface area contributed by atoms with Crippen LogP contribution in [0.15, 0.2) is 0 Å². The molecule has 0 amide bonds. The average molecular weight is 1190 g/mol. The maximum atomic E-state index is 13.2. The van der Waals surface area contributed by atoms with Gasteiger partial charge in [-0.2, -0.15) is 39.5 Å². The highest BCUT2D eigenvalue weighted by Crippen LogP contribution is 2.71. The lowest BCUT2D eigenvalue weighted by molar-refractivity contribution is -0.370. The number of aliphatic hydroxyl groups excluding tert-OH is 2. The third-order valence-electron chi connectivity index (χ3n) is 26.3. The van der Waals surface area contributed by atoms with Crippen molar-refractivity contribution in [3.8, 4) is 0 Å². The molecule has 0 bridgehead atoms. The zero-order chi connectivity index (χ0) is 60.4. The third-order valence-corrected chi connectivity index (χ3v) is 35.4. The number of aliphatic hydroxyl groups is 3. The minimum absolute atomic E-state index is 0.0185. The zero-order valence-corrected chi connectivity index (χ0v) is 53.8. The normalized spacial score (nSPS) is 41.6. The lowest BCUT2D eigenvalue weighted by Gasteiger charge is -2.64. The lowest BCUT2D eigenvalue weighted by atomic mass is 9.43. The number of Topliss-reactive ketones (excluding diaryl/α,β-unsaturated/α-hetero) is 1. The first kappa shape index (κ1) is 66.8. The molecule has 17 heteroatoms. The highest BCUT2D eigenvalue weighted by molar-refractivity contribution is 6.74. The average Bonchev–Trinajstić information content (AvgIpc) is 3.86. The summed E-state index contributed by atoms with van der Waals surface area (Å²) in [7, 11) is -3.93. The Morgan fingerprint density at radius 2 is 0.963 bits per heavy atom. The molecule has 0 heterocycles. The fraction of sp³-hybridized carbons (Fsp3) is 0.984. The largest absolute Gasteiger partial charge is 0.449 e. The van der Waals surface area contributed by atoms with Crippen molar-refractivity contribution >= 4 is 22.4 Å². The summed E-state index contributed by atoms with van der Waals surface area (Å²) in [5.41, 5.74) is -4.61. The topological polar surface area (TPSA) is 96.2 Å². The number of alkyl halides is 9. The number of carbonyl (C=O) groups excluding carboxylic acids is 1. The molecule has 0 aromatic heterocycles. The highest BCUT2D eigenvalue weighted by atomic mass is 28.4. The second-order valence-corrected chi connectivity index (χ2v) is 41.9. The van der Waals surface area contributed by atoms with Gasteiger partial charge in [-0.1, -0.05) is 83.1 Å². The second-order valence-electron chi connectivity index (χ2n) is 32.4. The highest BCUT2D eigenvalue weighted by Gasteiger charge is 2.71. The van der Waals surface area contributed by atoms with Crippen LogP contribution in [0.1, 0.15) is 212 Å². The lowest BCUT2D eigenvalue weighted by Crippen LogP contribution is -2.61. The van der Waals surface area contributed by atoms with E-state index in [-0.39, 0.29) is 92.3 Å². The van der Waals surface area contributed by atoms with Gasteiger partial charge in [0.25, 0.3) is 5.60 Å². The summed E-state index contributed by atoms with van der Waals surface area (Å²) in [5.74, 6) is 1.87. The molecule has 20 atom stereocenters. The molecule has 80 heavy (non-hydrogen) atoms. The Labute approximate surface area is 478 Å². The van der Waals surface area contributed by atoms with Crippen LogP contribution in [0.5, 0.6) is 0 Å². The van der Waals surface area contributed by atoms with Gasteiger partial charge in [-0.3, -0.25) is 4.79 Å². The van der Waals surface area contributed by atoms with Crippen LogP contribution in [-0.4, -0.2) is 86.3 Å². The standard InChI is InChI=1S/C37H67F3O3Si2.C26H40F6O3/c1-24(14-17-32(41)37(38,39)40)27-15-16-28-26-23-31(43-45(12,13)34(5,6)7)30-22-25(42-44(10,11)33(2,3)4)18-20-36(30,9)29(26)19-21-35(27,28)8;1-14(6-11-24(35,25(27,28)29)26(30,31)32)17-4-5-18-16-13-21(34)20-12-15(33)7-9-23(20,3)19(16)8-10-22(17,18)2/h24-31H,14-23H2,1-13H3;14-21,33-35H,4-13H2,1-3H3/t24?,25-,26?,27?,28?,29?,30+,31+,35?,36?;14?,15-,16?,17?,18?,19?,20+,21+,22?,23?/m11/s1. The number of carbonyl (C=O) groups is 1. The number of halogens is 9. The molecule has 0 saturated heterocycles. The predicted octanol–water partition coefficient (Wildman–Crippen LogP) is 17.8. The van der Waals surface area contributed by atoms with Gasteiger partial charge in [0.1, 0.15) is 0 Å². The Kier molecular flexibility index (Phi) is 18.7. The molecule has 8 aliphatic rings. The van der Waals surface area contributed by atoms with E-state index in [4.69, 9.17) is 8.85 Å². The van der Waals surface area contributed by atoms with Crippen LogP contribution >= 0.6 is 0 Å². The Bertz CT molecular complexity index is 2140. The Morgan fingerprint density at radius 3 is 1.44 bits per heavy atom. The van der Waals surface area contributed by atoms with Crippen LogP contribution in [0.2, 0.25) is 36.3 Å². The van der Waals surface area contributed by atoms with E-state index in [9.17, 15) is 59.6 Å². The summed E-state index contributed by atoms with van der Waals surface area (Å²) in [6.07, 6.45) is -2.99. The summed E-state index contributed by atoms with van der Waals surface area (Å²) >= 11 is 0. The number of hydrogen-bond donors (Lipinski definition) is 3. The van der Waals surface area contributed by atoms with E-state index >= 15 is 0 Å². The smallest absolute Gasteiger partial charge is 0.414 e. The first-order valence-electron chi connectivity index (χ1n) is 31.4. The molecule has 8 fully saturated rings. The maximum absolute atomic E-state index is 13.2. The van der Waals surface area contributed by atoms with Gasteiger partial charge >= 0.3 is 18.5 Å². The van der Waals surface area contributed by atoms with Crippen LogP contribution in [0.25, 0.3) is 0 Å². The molecule has 0 aliphatic heterocycles. The summed E-state index contributed by atoms with van der Waals surface area (Å²) in [6, 6.07) is 0. The van der Waals surface area contributed by atoms with Gasteiger partial charge in [-0.25, -0.2) is 0 Å². The van der Waals surface area contributed by atoms with Crippen LogP contribution in [0.3, 0.4) is 0 Å². The van der Waals surface area contributed by atoms with Crippen molar-refractivity contribution in [1.29, 1.82) is 0 Å². The molecule has 14 unspecified atom stereocenters. The molecule has 0 aromatic carbocycles. The van der Waals surface area contributed by atoms with Gasteiger partial charge < -0.3 is 24.2 Å². The van der Waals surface area contributed by atoms with Crippen molar-refractivity contribution in [1.82, 2.24) is 0 Å². The van der Waals surface area contributed by atoms with Crippen molar-refractivity contribution in [3.63, 3.8) is 0 Å². The summed E-state index contributed by atoms with van der Waals surface area (Å²) in [4.78, 5) is 11.7. The van der Waals surface area contributed by atoms with Gasteiger partial charge in [-0.05, 0) is 251 Å². The molecule has 466 valence electrons. The van der Waals surface area contributed by atoms with E-state index in [1.165, 1.54) is 12.8 Å². The van der Waals surface area contributed by atoms with Crippen molar-refractivity contribution in [2.24, 2.45) is 92.7 Å². The molecule has 3 N–H and O–H groups in total. The van der Waals surface area contributed by atoms with Crippen molar-refractivity contribution in [3.05, 3.63) is 0 Å². The van der Waals surface area contributed by atoms with E-state index in [0.29, 0.717) is 60.9 Å². The summed E-state index contributed by atoms with van der Waals surface area (Å²) < 4.78 is 133. The fourth-order valence-corrected chi connectivity index (χ4v) is 22.4. The van der Waals surface area contributed by atoms with Gasteiger partial charge in [-0.15, -0.1) is 0 Å². The number of fused-ring (bicyclic) bond motifs is 10. The molecule has 8 aliphatic carbocycles. The zero-order valence-electron chi connectivity index (χ0n) is 51.8. The Balaban J connectivity index is 0.000000238. The van der Waals surface area contributed by atoms with Crippen LogP contribution in [0, 0.1) is 92.7 Å². The molecular formula is C63H107F9O6Si2. The van der Waals surface area contributed by atoms with Crippen LogP contribution in [-0.2, 0) is 13.6 Å². The Hall–Kier alpha value is -0.726. The molecule has 6 nitrogen and oxygen atoms in total. The minimum atomic E-state index is -5.77. The van der Waals surface area contributed by atoms with Crippen molar-refractivity contribution < 1.29 is 68.5 Å². The molecule has 8 rings (SSSR count). The fourth-order valence-electron chi connectivity index (χ4n) is 19.6. The second kappa shape index (κ2) is 22.5. The molecule has 0 radical (unpaired) electrons. The van der Waals surface area contributed by atoms with Crippen LogP contribution < -0.4 is 0 Å². The summed E-state index contributed by atoms with van der Waals surface area (Å²) in [6.45, 7) is 36.9. The van der Waals surface area contributed by atoms with Gasteiger partial charge in [0, 0.05) is 18.6 Å². The number of hydrogen-bond acceptors (Lipinski definition) is 6. The first-order chi connectivity index (χ1) is 36.2. The van der Waals surface area contributed by atoms with Crippen molar-refractivity contribution in [2.45, 2.75) is 296 Å². The predicted molar refractivity (Wildman–Crippen MR) is 302 cm³/mol. The van der Waals surface area contributed by atoms with Crippen molar-refractivity contribution in [2.75, 3.05) is 0 Å². The maximum Gasteiger partial charge on any atom is 0.449 e.